The van der Waals surface area contributed by atoms with E-state index in [4.69, 9.17) is 0 Å². The monoisotopic (exact) mass is 319 g/mol. The summed E-state index contributed by atoms with van der Waals surface area (Å²) in [7, 11) is 0. The van der Waals surface area contributed by atoms with E-state index >= 15 is 0 Å². The maximum atomic E-state index is 12.2. The quantitative estimate of drug-likeness (QED) is 0.694. The molecule has 5 heteroatoms. The lowest BCUT2D eigenvalue weighted by Crippen LogP contribution is -2.36. The lowest BCUT2D eigenvalue weighted by molar-refractivity contribution is -0.129. The Morgan fingerprint density at radius 3 is 2.26 bits per heavy atom. The second-order valence-electron chi connectivity index (χ2n) is 5.61. The molecule has 128 valence electrons. The third-order valence-corrected chi connectivity index (χ3v) is 3.41. The number of carbonyl (C=O) groups is 2. The highest BCUT2D eigenvalue weighted by atomic mass is 16.2. The van der Waals surface area contributed by atoms with E-state index in [-0.39, 0.29) is 18.4 Å². The van der Waals surface area contributed by atoms with E-state index in [1.807, 2.05) is 36.1 Å². The molecule has 0 saturated heterocycles. The summed E-state index contributed by atoms with van der Waals surface area (Å²) in [6, 6.07) is 7.46. The summed E-state index contributed by atoms with van der Waals surface area (Å²) in [5.74, 6) is 0.118. The normalized spacial score (nSPS) is 10.2. The maximum absolute atomic E-state index is 12.2. The van der Waals surface area contributed by atoms with Gasteiger partial charge >= 0.3 is 0 Å². The molecular formula is C18H29N3O2. The molecule has 0 unspecified atom stereocenters. The average molecular weight is 319 g/mol. The maximum Gasteiger partial charge on any atom is 0.241 e. The SMILES string of the molecule is CCCC(=O)Nc1cccc(NCC(=O)N(CCC)CCC)c1. The summed E-state index contributed by atoms with van der Waals surface area (Å²) in [6.07, 6.45) is 3.26. The highest BCUT2D eigenvalue weighted by Crippen LogP contribution is 2.15. The van der Waals surface area contributed by atoms with Crippen molar-refractivity contribution >= 4 is 23.2 Å². The highest BCUT2D eigenvalue weighted by Gasteiger charge is 2.11. The molecule has 0 atom stereocenters. The van der Waals surface area contributed by atoms with Gasteiger partial charge in [-0.05, 0) is 37.5 Å². The molecular weight excluding hydrogens is 290 g/mol. The van der Waals surface area contributed by atoms with Gasteiger partial charge in [-0.3, -0.25) is 9.59 Å². The molecule has 1 rings (SSSR count). The number of carbonyl (C=O) groups excluding carboxylic acids is 2. The van der Waals surface area contributed by atoms with E-state index in [9.17, 15) is 9.59 Å². The van der Waals surface area contributed by atoms with Crippen molar-refractivity contribution < 1.29 is 9.59 Å². The predicted octanol–water partition coefficient (Wildman–Crippen LogP) is 3.49. The molecule has 5 nitrogen and oxygen atoms in total. The number of benzene rings is 1. The zero-order valence-corrected chi connectivity index (χ0v) is 14.5. The molecule has 2 amide bonds. The molecule has 0 bridgehead atoms. The molecule has 1 aromatic carbocycles. The average Bonchev–Trinajstić information content (AvgIpc) is 2.53. The standard InChI is InChI=1S/C18H29N3O2/c1-4-8-17(22)20-16-10-7-9-15(13-16)19-14-18(23)21(11-5-2)12-6-3/h7,9-10,13,19H,4-6,8,11-12,14H2,1-3H3,(H,20,22). The molecule has 0 aromatic heterocycles. The minimum Gasteiger partial charge on any atom is -0.376 e. The van der Waals surface area contributed by atoms with Gasteiger partial charge < -0.3 is 15.5 Å². The Morgan fingerprint density at radius 1 is 1.00 bits per heavy atom. The summed E-state index contributed by atoms with van der Waals surface area (Å²) in [6.45, 7) is 7.98. The molecule has 0 aliphatic heterocycles. The van der Waals surface area contributed by atoms with Gasteiger partial charge in [-0.15, -0.1) is 0 Å². The van der Waals surface area contributed by atoms with Crippen molar-refractivity contribution in [2.24, 2.45) is 0 Å². The van der Waals surface area contributed by atoms with Crippen LogP contribution in [0.1, 0.15) is 46.5 Å². The Bertz CT molecular complexity index is 497. The van der Waals surface area contributed by atoms with Gasteiger partial charge in [0.2, 0.25) is 11.8 Å². The number of hydrogen-bond donors (Lipinski definition) is 2. The van der Waals surface area contributed by atoms with Crippen molar-refractivity contribution in [3.8, 4) is 0 Å². The van der Waals surface area contributed by atoms with E-state index in [0.29, 0.717) is 6.42 Å². The zero-order chi connectivity index (χ0) is 17.1. The molecule has 0 radical (unpaired) electrons. The van der Waals surface area contributed by atoms with Gasteiger partial charge in [0.05, 0.1) is 6.54 Å². The molecule has 0 heterocycles. The highest BCUT2D eigenvalue weighted by molar-refractivity contribution is 5.91. The zero-order valence-electron chi connectivity index (χ0n) is 14.5. The Hall–Kier alpha value is -2.04. The van der Waals surface area contributed by atoms with Gasteiger partial charge in [0.15, 0.2) is 0 Å². The summed E-state index contributed by atoms with van der Waals surface area (Å²) in [5, 5.41) is 6.00. The number of nitrogens with zero attached hydrogens (tertiary/aromatic N) is 1. The Labute approximate surface area is 139 Å². The van der Waals surface area contributed by atoms with E-state index in [1.54, 1.807) is 0 Å². The van der Waals surface area contributed by atoms with Crippen LogP contribution in [-0.4, -0.2) is 36.3 Å². The number of rotatable bonds is 10. The number of amides is 2. The van der Waals surface area contributed by atoms with Crippen LogP contribution in [0, 0.1) is 0 Å². The molecule has 23 heavy (non-hydrogen) atoms. The van der Waals surface area contributed by atoms with Crippen molar-refractivity contribution in [2.45, 2.75) is 46.5 Å². The predicted molar refractivity (Wildman–Crippen MR) is 95.6 cm³/mol. The summed E-state index contributed by atoms with van der Waals surface area (Å²) < 4.78 is 0. The van der Waals surface area contributed by atoms with Crippen LogP contribution >= 0.6 is 0 Å². The lowest BCUT2D eigenvalue weighted by Gasteiger charge is -2.22. The van der Waals surface area contributed by atoms with Gasteiger partial charge in [0.1, 0.15) is 0 Å². The lowest BCUT2D eigenvalue weighted by atomic mass is 10.2. The molecule has 1 aromatic rings. The fraction of sp³-hybridized carbons (Fsp3) is 0.556. The van der Waals surface area contributed by atoms with E-state index in [0.717, 1.165) is 43.7 Å². The minimum atomic E-state index is 0.0118. The molecule has 0 saturated carbocycles. The van der Waals surface area contributed by atoms with Gasteiger partial charge in [-0.2, -0.15) is 0 Å². The van der Waals surface area contributed by atoms with Gasteiger partial charge in [0, 0.05) is 30.9 Å². The first-order valence-electron chi connectivity index (χ1n) is 8.52. The Kier molecular flexibility index (Phi) is 8.80. The molecule has 0 fully saturated rings. The molecule has 0 aliphatic carbocycles. The van der Waals surface area contributed by atoms with Gasteiger partial charge in [-0.1, -0.05) is 26.8 Å². The van der Waals surface area contributed by atoms with Crippen LogP contribution in [0.2, 0.25) is 0 Å². The van der Waals surface area contributed by atoms with Gasteiger partial charge in [-0.25, -0.2) is 0 Å². The van der Waals surface area contributed by atoms with Crippen LogP contribution in [0.4, 0.5) is 11.4 Å². The summed E-state index contributed by atoms with van der Waals surface area (Å²) in [5.41, 5.74) is 1.58. The fourth-order valence-electron chi connectivity index (χ4n) is 2.35. The van der Waals surface area contributed by atoms with Crippen LogP contribution < -0.4 is 10.6 Å². The van der Waals surface area contributed by atoms with Gasteiger partial charge in [0.25, 0.3) is 0 Å². The first kappa shape index (κ1) is 19.0. The topological polar surface area (TPSA) is 61.4 Å². The van der Waals surface area contributed by atoms with E-state index in [1.165, 1.54) is 0 Å². The van der Waals surface area contributed by atoms with Crippen molar-refractivity contribution in [1.29, 1.82) is 0 Å². The third-order valence-electron chi connectivity index (χ3n) is 3.41. The Morgan fingerprint density at radius 2 is 1.65 bits per heavy atom. The first-order chi connectivity index (χ1) is 11.1. The van der Waals surface area contributed by atoms with Crippen LogP contribution in [0.3, 0.4) is 0 Å². The fourth-order valence-corrected chi connectivity index (χ4v) is 2.35. The summed E-state index contributed by atoms with van der Waals surface area (Å²) >= 11 is 0. The van der Waals surface area contributed by atoms with Crippen LogP contribution in [0.15, 0.2) is 24.3 Å². The smallest absolute Gasteiger partial charge is 0.241 e. The van der Waals surface area contributed by atoms with Crippen molar-refractivity contribution in [3.05, 3.63) is 24.3 Å². The number of anilines is 2. The first-order valence-corrected chi connectivity index (χ1v) is 8.52. The number of nitrogens with one attached hydrogen (secondary N) is 2. The number of hydrogen-bond acceptors (Lipinski definition) is 3. The van der Waals surface area contributed by atoms with E-state index in [2.05, 4.69) is 24.5 Å². The van der Waals surface area contributed by atoms with E-state index < -0.39 is 0 Å². The molecule has 0 spiro atoms. The Balaban J connectivity index is 2.56. The second kappa shape index (κ2) is 10.6. The molecule has 2 N–H and O–H groups in total. The minimum absolute atomic E-state index is 0.0118. The molecule has 0 aliphatic rings. The van der Waals surface area contributed by atoms with Crippen molar-refractivity contribution in [3.63, 3.8) is 0 Å². The van der Waals surface area contributed by atoms with Crippen LogP contribution in [0.5, 0.6) is 0 Å². The van der Waals surface area contributed by atoms with Crippen molar-refractivity contribution in [2.75, 3.05) is 30.3 Å². The summed E-state index contributed by atoms with van der Waals surface area (Å²) in [4.78, 5) is 25.8. The second-order valence-corrected chi connectivity index (χ2v) is 5.61. The third kappa shape index (κ3) is 7.17. The van der Waals surface area contributed by atoms with Crippen LogP contribution in [0.25, 0.3) is 0 Å². The van der Waals surface area contributed by atoms with Crippen LogP contribution in [-0.2, 0) is 9.59 Å². The van der Waals surface area contributed by atoms with Crippen molar-refractivity contribution in [1.82, 2.24) is 4.90 Å². The largest absolute Gasteiger partial charge is 0.376 e.